The van der Waals surface area contributed by atoms with E-state index in [2.05, 4.69) is 219 Å². The van der Waals surface area contributed by atoms with Gasteiger partial charge in [0.15, 0.2) is 0 Å². The van der Waals surface area contributed by atoms with Gasteiger partial charge in [-0.1, -0.05) is 147 Å². The molecule has 1 aliphatic rings. The summed E-state index contributed by atoms with van der Waals surface area (Å²) in [7, 11) is 0. The quantitative estimate of drug-likeness (QED) is 0.167. The van der Waals surface area contributed by atoms with E-state index < -0.39 is 0 Å². The van der Waals surface area contributed by atoms with E-state index >= 15 is 0 Å². The fourth-order valence-corrected chi connectivity index (χ4v) is 10.9. The molecule has 0 fully saturated rings. The second-order valence-electron chi connectivity index (χ2n) is 16.4. The predicted molar refractivity (Wildman–Crippen MR) is 255 cm³/mol. The van der Waals surface area contributed by atoms with Gasteiger partial charge in [-0.05, 0) is 117 Å². The van der Waals surface area contributed by atoms with Gasteiger partial charge in [-0.3, -0.25) is 0 Å². The first kappa shape index (κ1) is 34.8. The van der Waals surface area contributed by atoms with Gasteiger partial charge in [0.2, 0.25) is 0 Å². The average Bonchev–Trinajstić information content (AvgIpc) is 3.94. The van der Waals surface area contributed by atoms with Crippen molar-refractivity contribution in [1.82, 2.24) is 0 Å². The van der Waals surface area contributed by atoms with Gasteiger partial charge in [0.05, 0.1) is 0 Å². The molecule has 60 heavy (non-hydrogen) atoms. The SMILES string of the molecule is CC1(C)c2ccccc2-c2c1cc1oc3ccc(-c4cccc5sc6ccccc6c45)cc3c1c2-c1ccc(N(c2ccccc2)c2ccc(-c3ccccc3)cc2)cc1. The molecule has 0 bridgehead atoms. The largest absolute Gasteiger partial charge is 0.456 e. The van der Waals surface area contributed by atoms with Crippen molar-refractivity contribution < 1.29 is 4.42 Å². The maximum atomic E-state index is 6.88. The smallest absolute Gasteiger partial charge is 0.136 e. The van der Waals surface area contributed by atoms with Gasteiger partial charge in [-0.2, -0.15) is 0 Å². The molecule has 0 atom stereocenters. The van der Waals surface area contributed by atoms with Crippen LogP contribution in [-0.2, 0) is 5.41 Å². The van der Waals surface area contributed by atoms with Crippen LogP contribution in [0.25, 0.3) is 86.6 Å². The molecule has 0 unspecified atom stereocenters. The minimum absolute atomic E-state index is 0.190. The summed E-state index contributed by atoms with van der Waals surface area (Å²) in [5.41, 5.74) is 17.4. The predicted octanol–water partition coefficient (Wildman–Crippen LogP) is 16.7. The molecule has 2 nitrogen and oxygen atoms in total. The number of fused-ring (bicyclic) bond motifs is 9. The molecule has 0 saturated carbocycles. The Hall–Kier alpha value is -7.20. The van der Waals surface area contributed by atoms with Crippen molar-refractivity contribution in [2.75, 3.05) is 4.90 Å². The number of benzene rings is 9. The maximum Gasteiger partial charge on any atom is 0.136 e. The zero-order valence-corrected chi connectivity index (χ0v) is 34.1. The molecule has 0 radical (unpaired) electrons. The molecule has 2 heterocycles. The standard InChI is InChI=1S/C57H39NOS/c1-57(2)47-21-11-9-18-44(47)55-48(57)35-50-56(46-34-39(28-33-49(46)59-50)43-20-13-23-52-54(43)45-19-10-12-22-51(45)60-52)53(55)38-26-31-42(32-27-38)58(40-16-7-4-8-17-40)41-29-24-37(25-30-41)36-14-5-3-6-15-36/h3-35H,1-2H3. The third kappa shape index (κ3) is 5.33. The summed E-state index contributed by atoms with van der Waals surface area (Å²) in [5, 5.41) is 4.91. The van der Waals surface area contributed by atoms with Gasteiger partial charge in [-0.15, -0.1) is 11.3 Å². The second-order valence-corrected chi connectivity index (χ2v) is 17.5. The fraction of sp³-hybridized carbons (Fsp3) is 0.0526. The van der Waals surface area contributed by atoms with Crippen molar-refractivity contribution in [3.8, 4) is 44.5 Å². The Bertz CT molecular complexity index is 3430. The van der Waals surface area contributed by atoms with Crippen molar-refractivity contribution in [2.45, 2.75) is 19.3 Å². The zero-order valence-electron chi connectivity index (χ0n) is 33.3. The second kappa shape index (κ2) is 13.4. The lowest BCUT2D eigenvalue weighted by molar-refractivity contribution is 0.647. The van der Waals surface area contributed by atoms with E-state index in [1.165, 1.54) is 75.8 Å². The molecule has 12 rings (SSSR count). The average molecular weight is 786 g/mol. The number of furan rings is 1. The van der Waals surface area contributed by atoms with Crippen LogP contribution in [0.4, 0.5) is 17.1 Å². The van der Waals surface area contributed by atoms with E-state index in [0.29, 0.717) is 0 Å². The minimum atomic E-state index is -0.190. The lowest BCUT2D eigenvalue weighted by Gasteiger charge is -2.26. The molecule has 284 valence electrons. The highest BCUT2D eigenvalue weighted by molar-refractivity contribution is 7.25. The normalized spacial score (nSPS) is 13.0. The van der Waals surface area contributed by atoms with Crippen LogP contribution < -0.4 is 4.90 Å². The zero-order chi connectivity index (χ0) is 40.0. The summed E-state index contributed by atoms with van der Waals surface area (Å²) in [5.74, 6) is 0. The van der Waals surface area contributed by atoms with Gasteiger partial charge in [0.1, 0.15) is 11.2 Å². The summed E-state index contributed by atoms with van der Waals surface area (Å²) in [6.07, 6.45) is 0. The van der Waals surface area contributed by atoms with Crippen LogP contribution in [0.5, 0.6) is 0 Å². The van der Waals surface area contributed by atoms with E-state index in [-0.39, 0.29) is 5.41 Å². The van der Waals surface area contributed by atoms with Crippen molar-refractivity contribution in [3.63, 3.8) is 0 Å². The van der Waals surface area contributed by atoms with Crippen molar-refractivity contribution in [3.05, 3.63) is 211 Å². The van der Waals surface area contributed by atoms with Crippen LogP contribution in [-0.4, -0.2) is 0 Å². The molecule has 2 aromatic heterocycles. The summed E-state index contributed by atoms with van der Waals surface area (Å²) in [6.45, 7) is 4.70. The monoisotopic (exact) mass is 785 g/mol. The first-order valence-corrected chi connectivity index (χ1v) is 21.5. The highest BCUT2D eigenvalue weighted by atomic mass is 32.1. The van der Waals surface area contributed by atoms with Crippen LogP contribution >= 0.6 is 11.3 Å². The van der Waals surface area contributed by atoms with E-state index in [4.69, 9.17) is 4.42 Å². The van der Waals surface area contributed by atoms with E-state index in [1.807, 2.05) is 11.3 Å². The number of nitrogens with zero attached hydrogens (tertiary/aromatic N) is 1. The van der Waals surface area contributed by atoms with Crippen LogP contribution in [0.1, 0.15) is 25.0 Å². The molecule has 0 saturated heterocycles. The Morgan fingerprint density at radius 3 is 1.78 bits per heavy atom. The fourth-order valence-electron chi connectivity index (χ4n) is 9.81. The number of thiophene rings is 1. The molecule has 0 spiro atoms. The molecular formula is C57H39NOS. The Kier molecular flexibility index (Phi) is 7.79. The number of anilines is 3. The Balaban J connectivity index is 1.06. The number of hydrogen-bond donors (Lipinski definition) is 0. The Morgan fingerprint density at radius 2 is 1.00 bits per heavy atom. The molecule has 1 aliphatic carbocycles. The molecule has 0 amide bonds. The summed E-state index contributed by atoms with van der Waals surface area (Å²) in [4.78, 5) is 2.34. The van der Waals surface area contributed by atoms with Crippen LogP contribution in [0.15, 0.2) is 205 Å². The Morgan fingerprint density at radius 1 is 0.400 bits per heavy atom. The molecule has 3 heteroatoms. The van der Waals surface area contributed by atoms with Crippen molar-refractivity contribution >= 4 is 70.5 Å². The topological polar surface area (TPSA) is 16.4 Å². The molecular weight excluding hydrogens is 747 g/mol. The van der Waals surface area contributed by atoms with Gasteiger partial charge in [-0.25, -0.2) is 0 Å². The summed E-state index contributed by atoms with van der Waals surface area (Å²) in [6, 6.07) is 72.9. The maximum absolute atomic E-state index is 6.88. The van der Waals surface area contributed by atoms with Crippen LogP contribution in [0.3, 0.4) is 0 Å². The summed E-state index contributed by atoms with van der Waals surface area (Å²) < 4.78 is 9.50. The molecule has 11 aromatic rings. The molecule has 9 aromatic carbocycles. The third-order valence-electron chi connectivity index (χ3n) is 12.7. The van der Waals surface area contributed by atoms with Gasteiger partial charge in [0.25, 0.3) is 0 Å². The van der Waals surface area contributed by atoms with Crippen molar-refractivity contribution in [2.24, 2.45) is 0 Å². The Labute approximate surface area is 353 Å². The number of hydrogen-bond acceptors (Lipinski definition) is 3. The molecule has 0 N–H and O–H groups in total. The highest BCUT2D eigenvalue weighted by Crippen LogP contribution is 2.56. The van der Waals surface area contributed by atoms with Crippen molar-refractivity contribution in [1.29, 1.82) is 0 Å². The first-order valence-electron chi connectivity index (χ1n) is 20.7. The number of rotatable bonds is 6. The van der Waals surface area contributed by atoms with E-state index in [0.717, 1.165) is 39.0 Å². The minimum Gasteiger partial charge on any atom is -0.456 e. The molecule has 0 aliphatic heterocycles. The van der Waals surface area contributed by atoms with E-state index in [9.17, 15) is 0 Å². The van der Waals surface area contributed by atoms with Crippen LogP contribution in [0, 0.1) is 0 Å². The highest BCUT2D eigenvalue weighted by Gasteiger charge is 2.38. The lowest BCUT2D eigenvalue weighted by Crippen LogP contribution is -2.14. The van der Waals surface area contributed by atoms with Gasteiger partial charge >= 0.3 is 0 Å². The van der Waals surface area contributed by atoms with E-state index in [1.54, 1.807) is 0 Å². The first-order chi connectivity index (χ1) is 29.5. The van der Waals surface area contributed by atoms with Gasteiger partial charge < -0.3 is 9.32 Å². The summed E-state index contributed by atoms with van der Waals surface area (Å²) >= 11 is 1.86. The lowest BCUT2D eigenvalue weighted by atomic mass is 9.81. The van der Waals surface area contributed by atoms with Crippen LogP contribution in [0.2, 0.25) is 0 Å². The van der Waals surface area contributed by atoms with Gasteiger partial charge in [0, 0.05) is 59.0 Å². The number of para-hydroxylation sites is 1. The third-order valence-corrected chi connectivity index (χ3v) is 13.8.